The molecule has 0 unspecified atom stereocenters. The molecule has 2 rings (SSSR count). The van der Waals surface area contributed by atoms with Gasteiger partial charge >= 0.3 is 5.97 Å². The number of hydrogen-bond donors (Lipinski definition) is 1. The standard InChI is InChI=1S/C21H29NO6/c1-14(23)16-10-11-18(19(12-16)26-3)27-13-20(24)28-15(2)21(25)22-17-8-6-4-5-7-9-17/h10-12,15,17H,4-9,13H2,1-3H3,(H,22,25)/t15-/m1/s1. The summed E-state index contributed by atoms with van der Waals surface area (Å²) in [5, 5.41) is 2.96. The minimum absolute atomic E-state index is 0.0993. The van der Waals surface area contributed by atoms with Gasteiger partial charge in [-0.05, 0) is 44.9 Å². The number of ether oxygens (including phenoxy) is 3. The van der Waals surface area contributed by atoms with Crippen LogP contribution in [0.15, 0.2) is 18.2 Å². The van der Waals surface area contributed by atoms with Gasteiger partial charge in [0.1, 0.15) is 0 Å². The average molecular weight is 391 g/mol. The van der Waals surface area contributed by atoms with Gasteiger partial charge in [-0.25, -0.2) is 4.79 Å². The summed E-state index contributed by atoms with van der Waals surface area (Å²) in [6.45, 7) is 2.64. The number of esters is 1. The highest BCUT2D eigenvalue weighted by atomic mass is 16.6. The zero-order valence-corrected chi connectivity index (χ0v) is 16.8. The highest BCUT2D eigenvalue weighted by Gasteiger charge is 2.22. The molecule has 1 amide bonds. The minimum atomic E-state index is -0.888. The van der Waals surface area contributed by atoms with Gasteiger partial charge in [0.25, 0.3) is 5.91 Å². The third-order valence-corrected chi connectivity index (χ3v) is 4.79. The second kappa shape index (κ2) is 10.7. The molecule has 0 aliphatic heterocycles. The maximum absolute atomic E-state index is 12.3. The molecule has 1 aromatic rings. The fourth-order valence-electron chi connectivity index (χ4n) is 3.17. The third kappa shape index (κ3) is 6.55. The third-order valence-electron chi connectivity index (χ3n) is 4.79. The highest BCUT2D eigenvalue weighted by Crippen LogP contribution is 2.28. The fraction of sp³-hybridized carbons (Fsp3) is 0.571. The van der Waals surface area contributed by atoms with Crippen LogP contribution in [-0.4, -0.2) is 43.5 Å². The quantitative estimate of drug-likeness (QED) is 0.416. The number of carbonyl (C=O) groups is 3. The van der Waals surface area contributed by atoms with Crippen molar-refractivity contribution < 1.29 is 28.6 Å². The number of benzene rings is 1. The Hall–Kier alpha value is -2.57. The van der Waals surface area contributed by atoms with Crippen molar-refractivity contribution in [3.05, 3.63) is 23.8 Å². The van der Waals surface area contributed by atoms with Crippen molar-refractivity contribution in [1.82, 2.24) is 5.32 Å². The van der Waals surface area contributed by atoms with Crippen molar-refractivity contribution in [3.63, 3.8) is 0 Å². The van der Waals surface area contributed by atoms with Crippen LogP contribution in [-0.2, 0) is 14.3 Å². The van der Waals surface area contributed by atoms with Gasteiger partial charge in [0.05, 0.1) is 7.11 Å². The number of hydrogen-bond acceptors (Lipinski definition) is 6. The second-order valence-electron chi connectivity index (χ2n) is 7.04. The number of carbonyl (C=O) groups excluding carboxylic acids is 3. The summed E-state index contributed by atoms with van der Waals surface area (Å²) in [4.78, 5) is 35.7. The first-order chi connectivity index (χ1) is 13.4. The van der Waals surface area contributed by atoms with E-state index in [4.69, 9.17) is 14.2 Å². The van der Waals surface area contributed by atoms with Crippen LogP contribution in [0.3, 0.4) is 0 Å². The molecular weight excluding hydrogens is 362 g/mol. The normalized spacial score (nSPS) is 15.8. The molecule has 1 fully saturated rings. The van der Waals surface area contributed by atoms with Gasteiger partial charge in [-0.2, -0.15) is 0 Å². The first-order valence-corrected chi connectivity index (χ1v) is 9.72. The molecule has 0 spiro atoms. The number of rotatable bonds is 8. The van der Waals surface area contributed by atoms with Crippen LogP contribution in [0, 0.1) is 0 Å². The summed E-state index contributed by atoms with van der Waals surface area (Å²) in [7, 11) is 1.45. The maximum Gasteiger partial charge on any atom is 0.344 e. The molecule has 0 heterocycles. The summed E-state index contributed by atoms with van der Waals surface area (Å²) in [6, 6.07) is 4.85. The summed E-state index contributed by atoms with van der Waals surface area (Å²) < 4.78 is 15.8. The average Bonchev–Trinajstić information content (AvgIpc) is 2.94. The Kier molecular flexibility index (Phi) is 8.29. The molecule has 1 aliphatic rings. The predicted molar refractivity (Wildman–Crippen MR) is 104 cm³/mol. The fourth-order valence-corrected chi connectivity index (χ4v) is 3.17. The molecule has 0 aromatic heterocycles. The molecule has 0 radical (unpaired) electrons. The van der Waals surface area contributed by atoms with E-state index >= 15 is 0 Å². The minimum Gasteiger partial charge on any atom is -0.493 e. The van der Waals surface area contributed by atoms with E-state index in [0.29, 0.717) is 17.1 Å². The van der Waals surface area contributed by atoms with E-state index in [0.717, 1.165) is 25.7 Å². The molecular formula is C21H29NO6. The molecule has 0 saturated heterocycles. The lowest BCUT2D eigenvalue weighted by atomic mass is 10.1. The van der Waals surface area contributed by atoms with Gasteiger partial charge < -0.3 is 19.5 Å². The Bertz CT molecular complexity index is 694. The summed E-state index contributed by atoms with van der Waals surface area (Å²) in [5.41, 5.74) is 0.482. The van der Waals surface area contributed by atoms with Crippen molar-refractivity contribution in [2.24, 2.45) is 0 Å². The predicted octanol–water partition coefficient (Wildman–Crippen LogP) is 3.05. The number of ketones is 1. The van der Waals surface area contributed by atoms with Crippen LogP contribution in [0.5, 0.6) is 11.5 Å². The van der Waals surface area contributed by atoms with Crippen LogP contribution in [0.2, 0.25) is 0 Å². The molecule has 1 saturated carbocycles. The Morgan fingerprint density at radius 2 is 1.79 bits per heavy atom. The topological polar surface area (TPSA) is 90.9 Å². The Labute approximate surface area is 165 Å². The van der Waals surface area contributed by atoms with E-state index in [1.807, 2.05) is 0 Å². The molecule has 1 N–H and O–H groups in total. The lowest BCUT2D eigenvalue weighted by Gasteiger charge is -2.19. The number of methoxy groups -OCH3 is 1. The molecule has 1 atom stereocenters. The van der Waals surface area contributed by atoms with Crippen LogP contribution >= 0.6 is 0 Å². The van der Waals surface area contributed by atoms with Gasteiger partial charge in [0, 0.05) is 11.6 Å². The lowest BCUT2D eigenvalue weighted by molar-refractivity contribution is -0.156. The molecule has 1 aliphatic carbocycles. The largest absolute Gasteiger partial charge is 0.493 e. The van der Waals surface area contributed by atoms with Gasteiger partial charge in [0.15, 0.2) is 30.0 Å². The summed E-state index contributed by atoms with van der Waals surface area (Å²) in [6.07, 6.45) is 5.66. The molecule has 154 valence electrons. The van der Waals surface area contributed by atoms with E-state index in [-0.39, 0.29) is 24.3 Å². The number of Topliss-reactive ketones (excluding diaryl/α,β-unsaturated/α-hetero) is 1. The summed E-state index contributed by atoms with van der Waals surface area (Å²) >= 11 is 0. The van der Waals surface area contributed by atoms with E-state index in [1.54, 1.807) is 25.1 Å². The van der Waals surface area contributed by atoms with Crippen molar-refractivity contribution >= 4 is 17.7 Å². The molecule has 7 heteroatoms. The van der Waals surface area contributed by atoms with E-state index < -0.39 is 12.1 Å². The van der Waals surface area contributed by atoms with Crippen molar-refractivity contribution in [2.45, 2.75) is 64.5 Å². The van der Waals surface area contributed by atoms with E-state index in [1.165, 1.54) is 26.9 Å². The zero-order valence-electron chi connectivity index (χ0n) is 16.8. The van der Waals surface area contributed by atoms with Gasteiger partial charge in [-0.15, -0.1) is 0 Å². The molecule has 0 bridgehead atoms. The van der Waals surface area contributed by atoms with Gasteiger partial charge in [0.2, 0.25) is 0 Å². The molecule has 28 heavy (non-hydrogen) atoms. The second-order valence-corrected chi connectivity index (χ2v) is 7.04. The Morgan fingerprint density at radius 1 is 1.11 bits per heavy atom. The van der Waals surface area contributed by atoms with Crippen LogP contribution < -0.4 is 14.8 Å². The Balaban J connectivity index is 1.82. The van der Waals surface area contributed by atoms with Crippen LogP contribution in [0.25, 0.3) is 0 Å². The SMILES string of the molecule is COc1cc(C(C)=O)ccc1OCC(=O)O[C@H](C)C(=O)NC1CCCCCC1. The monoisotopic (exact) mass is 391 g/mol. The van der Waals surface area contributed by atoms with Gasteiger partial charge in [-0.1, -0.05) is 25.7 Å². The number of amides is 1. The first kappa shape index (κ1) is 21.7. The van der Waals surface area contributed by atoms with Crippen molar-refractivity contribution in [3.8, 4) is 11.5 Å². The van der Waals surface area contributed by atoms with Crippen molar-refractivity contribution in [1.29, 1.82) is 0 Å². The maximum atomic E-state index is 12.3. The smallest absolute Gasteiger partial charge is 0.344 e. The van der Waals surface area contributed by atoms with E-state index in [9.17, 15) is 14.4 Å². The molecule has 1 aromatic carbocycles. The lowest BCUT2D eigenvalue weighted by Crippen LogP contribution is -2.42. The molecule has 7 nitrogen and oxygen atoms in total. The first-order valence-electron chi connectivity index (χ1n) is 9.72. The zero-order chi connectivity index (χ0) is 20.5. The Morgan fingerprint density at radius 3 is 2.39 bits per heavy atom. The van der Waals surface area contributed by atoms with Gasteiger partial charge in [-0.3, -0.25) is 9.59 Å². The highest BCUT2D eigenvalue weighted by molar-refractivity contribution is 5.94. The van der Waals surface area contributed by atoms with Crippen molar-refractivity contribution in [2.75, 3.05) is 13.7 Å². The van der Waals surface area contributed by atoms with Crippen LogP contribution in [0.4, 0.5) is 0 Å². The van der Waals surface area contributed by atoms with E-state index in [2.05, 4.69) is 5.32 Å². The van der Waals surface area contributed by atoms with Crippen LogP contribution in [0.1, 0.15) is 62.7 Å². The summed E-state index contributed by atoms with van der Waals surface area (Å²) in [5.74, 6) is -0.373. The number of nitrogens with one attached hydrogen (secondary N) is 1.